The average Bonchev–Trinajstić information content (AvgIpc) is 2.80. The van der Waals surface area contributed by atoms with E-state index in [-0.39, 0.29) is 0 Å². The van der Waals surface area contributed by atoms with Crippen molar-refractivity contribution in [3.8, 4) is 23.1 Å². The molecule has 0 bridgehead atoms. The summed E-state index contributed by atoms with van der Waals surface area (Å²) in [4.78, 5) is 10.2. The lowest BCUT2D eigenvalue weighted by Crippen LogP contribution is -1.84. The van der Waals surface area contributed by atoms with Crippen LogP contribution in [0.5, 0.6) is 0 Å². The van der Waals surface area contributed by atoms with Gasteiger partial charge in [-0.05, 0) is 18.1 Å². The van der Waals surface area contributed by atoms with Crippen molar-refractivity contribution in [1.29, 1.82) is 0 Å². The molecule has 3 heteroatoms. The summed E-state index contributed by atoms with van der Waals surface area (Å²) in [5.74, 6) is 5.19. The number of H-pyrrole nitrogens is 1. The van der Waals surface area contributed by atoms with Crippen molar-refractivity contribution in [2.75, 3.05) is 0 Å². The van der Waals surface area contributed by atoms with Crippen LogP contribution < -0.4 is 0 Å². The average molecular weight is 196 g/mol. The van der Waals surface area contributed by atoms with Crippen molar-refractivity contribution in [2.24, 2.45) is 0 Å². The molecule has 3 nitrogen and oxygen atoms in total. The van der Waals surface area contributed by atoms with Gasteiger partial charge in [0.1, 0.15) is 0 Å². The highest BCUT2D eigenvalue weighted by molar-refractivity contribution is 5.76. The van der Waals surface area contributed by atoms with Crippen molar-refractivity contribution in [2.45, 2.75) is 0 Å². The normalized spacial score (nSPS) is 9.07. The van der Waals surface area contributed by atoms with Crippen molar-refractivity contribution in [1.82, 2.24) is 10.2 Å². The largest absolute Gasteiger partial charge is 0.289 e. The van der Waals surface area contributed by atoms with Crippen molar-refractivity contribution in [3.63, 3.8) is 0 Å². The maximum absolute atomic E-state index is 10.2. The van der Waals surface area contributed by atoms with Gasteiger partial charge in [-0.15, -0.1) is 0 Å². The Balaban J connectivity index is 2.52. The van der Waals surface area contributed by atoms with Gasteiger partial charge in [0.05, 0.1) is 5.69 Å². The number of nitrogens with one attached hydrogen (secondary N) is 1. The topological polar surface area (TPSA) is 45.8 Å². The van der Waals surface area contributed by atoms with Gasteiger partial charge in [-0.2, -0.15) is 5.10 Å². The van der Waals surface area contributed by atoms with Crippen LogP contribution >= 0.6 is 0 Å². The minimum atomic E-state index is 0.587. The summed E-state index contributed by atoms with van der Waals surface area (Å²) >= 11 is 0. The van der Waals surface area contributed by atoms with Crippen molar-refractivity contribution in [3.05, 3.63) is 42.1 Å². The first-order valence-corrected chi connectivity index (χ1v) is 4.46. The molecule has 0 aliphatic rings. The zero-order valence-corrected chi connectivity index (χ0v) is 7.90. The number of hydrogen-bond acceptors (Lipinski definition) is 2. The fraction of sp³-hybridized carbons (Fsp3) is 0. The fourth-order valence-electron chi connectivity index (χ4n) is 1.34. The van der Waals surface area contributed by atoms with E-state index < -0.39 is 0 Å². The zero-order chi connectivity index (χ0) is 10.5. The lowest BCUT2D eigenvalue weighted by molar-refractivity contribution is -0.103. The highest BCUT2D eigenvalue weighted by atomic mass is 16.1. The molecule has 1 aromatic heterocycles. The molecule has 2 aromatic rings. The predicted molar refractivity (Wildman–Crippen MR) is 57.0 cm³/mol. The van der Waals surface area contributed by atoms with Crippen LogP contribution in [-0.4, -0.2) is 16.5 Å². The van der Waals surface area contributed by atoms with Crippen LogP contribution in [0.15, 0.2) is 36.5 Å². The second kappa shape index (κ2) is 4.25. The van der Waals surface area contributed by atoms with Crippen LogP contribution in [0.2, 0.25) is 0 Å². The molecule has 1 aromatic carbocycles. The molecule has 72 valence electrons. The van der Waals surface area contributed by atoms with Crippen LogP contribution in [0.25, 0.3) is 11.3 Å². The van der Waals surface area contributed by atoms with Gasteiger partial charge in [0, 0.05) is 17.3 Å². The summed E-state index contributed by atoms with van der Waals surface area (Å²) in [5.41, 5.74) is 2.66. The first-order chi connectivity index (χ1) is 7.42. The van der Waals surface area contributed by atoms with Gasteiger partial charge in [-0.3, -0.25) is 9.89 Å². The molecule has 15 heavy (non-hydrogen) atoms. The van der Waals surface area contributed by atoms with Gasteiger partial charge in [0.15, 0.2) is 6.29 Å². The highest BCUT2D eigenvalue weighted by Gasteiger charge is 2.02. The molecular formula is C12H8N2O. The summed E-state index contributed by atoms with van der Waals surface area (Å²) in [6.45, 7) is 0. The van der Waals surface area contributed by atoms with E-state index in [2.05, 4.69) is 22.0 Å². The van der Waals surface area contributed by atoms with E-state index in [0.29, 0.717) is 6.29 Å². The smallest absolute Gasteiger partial charge is 0.193 e. The monoisotopic (exact) mass is 196 g/mol. The van der Waals surface area contributed by atoms with E-state index in [1.165, 1.54) is 0 Å². The molecule has 0 saturated carbocycles. The predicted octanol–water partition coefficient (Wildman–Crippen LogP) is 1.63. The first-order valence-electron chi connectivity index (χ1n) is 4.46. The number of rotatable bonds is 1. The van der Waals surface area contributed by atoms with Crippen LogP contribution in [0.3, 0.4) is 0 Å². The summed E-state index contributed by atoms with van der Waals surface area (Å²) in [6.07, 6.45) is 2.27. The number of nitrogens with zero attached hydrogens (tertiary/aromatic N) is 1. The first kappa shape index (κ1) is 9.22. The molecular weight excluding hydrogens is 188 g/mol. The van der Waals surface area contributed by atoms with Gasteiger partial charge in [0.25, 0.3) is 0 Å². The molecule has 0 fully saturated rings. The SMILES string of the molecule is O=CC#Cc1ccccc1-c1ccn[nH]1. The zero-order valence-electron chi connectivity index (χ0n) is 7.90. The Morgan fingerprint density at radius 1 is 1.27 bits per heavy atom. The lowest BCUT2D eigenvalue weighted by atomic mass is 10.1. The number of hydrogen-bond donors (Lipinski definition) is 1. The van der Waals surface area contributed by atoms with Gasteiger partial charge >= 0.3 is 0 Å². The molecule has 0 spiro atoms. The third kappa shape index (κ3) is 1.94. The minimum Gasteiger partial charge on any atom is -0.289 e. The van der Waals surface area contributed by atoms with E-state index in [1.54, 1.807) is 6.20 Å². The number of aromatic amines is 1. The number of benzene rings is 1. The second-order valence-electron chi connectivity index (χ2n) is 2.90. The lowest BCUT2D eigenvalue weighted by Gasteiger charge is -2.00. The molecule has 1 N–H and O–H groups in total. The fourth-order valence-corrected chi connectivity index (χ4v) is 1.34. The maximum Gasteiger partial charge on any atom is 0.193 e. The molecule has 0 unspecified atom stereocenters. The minimum absolute atomic E-state index is 0.587. The molecule has 0 atom stereocenters. The Bertz CT molecular complexity index is 518. The van der Waals surface area contributed by atoms with Crippen LogP contribution in [0.1, 0.15) is 5.56 Å². The Hall–Kier alpha value is -2.34. The van der Waals surface area contributed by atoms with Crippen molar-refractivity contribution >= 4 is 6.29 Å². The number of carbonyl (C=O) groups excluding carboxylic acids is 1. The number of aldehydes is 1. The van der Waals surface area contributed by atoms with Gasteiger partial charge in [-0.25, -0.2) is 0 Å². The Kier molecular flexibility index (Phi) is 2.61. The van der Waals surface area contributed by atoms with Gasteiger partial charge in [0.2, 0.25) is 0 Å². The third-order valence-corrected chi connectivity index (χ3v) is 1.98. The summed E-state index contributed by atoms with van der Waals surface area (Å²) in [5, 5.41) is 6.74. The number of aromatic nitrogens is 2. The van der Waals surface area contributed by atoms with Crippen LogP contribution in [0.4, 0.5) is 0 Å². The third-order valence-electron chi connectivity index (χ3n) is 1.98. The summed E-state index contributed by atoms with van der Waals surface area (Å²) < 4.78 is 0. The highest BCUT2D eigenvalue weighted by Crippen LogP contribution is 2.19. The molecule has 2 rings (SSSR count). The quantitative estimate of drug-likeness (QED) is 0.556. The van der Waals surface area contributed by atoms with E-state index in [9.17, 15) is 4.79 Å². The molecule has 0 saturated heterocycles. The van der Waals surface area contributed by atoms with E-state index >= 15 is 0 Å². The molecule has 1 heterocycles. The maximum atomic E-state index is 10.2. The Labute approximate surface area is 87.1 Å². The van der Waals surface area contributed by atoms with Crippen LogP contribution in [-0.2, 0) is 4.79 Å². The van der Waals surface area contributed by atoms with Crippen molar-refractivity contribution < 1.29 is 4.79 Å². The van der Waals surface area contributed by atoms with Gasteiger partial charge in [-0.1, -0.05) is 24.1 Å². The molecule has 0 amide bonds. The second-order valence-corrected chi connectivity index (χ2v) is 2.90. The molecule has 0 aliphatic heterocycles. The standard InChI is InChI=1S/C12H8N2O/c15-9-3-5-10-4-1-2-6-11(10)12-7-8-13-14-12/h1-2,4,6-9H,(H,13,14). The van der Waals surface area contributed by atoms with Crippen LogP contribution in [0, 0.1) is 11.8 Å². The Morgan fingerprint density at radius 2 is 2.13 bits per heavy atom. The molecule has 0 aliphatic carbocycles. The summed E-state index contributed by atoms with van der Waals surface area (Å²) in [7, 11) is 0. The van der Waals surface area contributed by atoms with E-state index in [4.69, 9.17) is 0 Å². The number of carbonyl (C=O) groups is 1. The summed E-state index contributed by atoms with van der Waals surface area (Å²) in [6, 6.07) is 9.47. The Morgan fingerprint density at radius 3 is 2.87 bits per heavy atom. The van der Waals surface area contributed by atoms with Gasteiger partial charge < -0.3 is 0 Å². The molecule has 0 radical (unpaired) electrons. The van der Waals surface area contributed by atoms with E-state index in [0.717, 1.165) is 16.8 Å². The van der Waals surface area contributed by atoms with E-state index in [1.807, 2.05) is 30.3 Å².